The van der Waals surface area contributed by atoms with E-state index in [2.05, 4.69) is 27.2 Å². The molecule has 2 fully saturated rings. The zero-order valence-corrected chi connectivity index (χ0v) is 21.1. The van der Waals surface area contributed by atoms with Crippen molar-refractivity contribution in [1.29, 1.82) is 0 Å². The number of hydrogen-bond acceptors (Lipinski definition) is 7. The summed E-state index contributed by atoms with van der Waals surface area (Å²) in [5, 5.41) is 6.70. The highest BCUT2D eigenvalue weighted by Crippen LogP contribution is 2.33. The summed E-state index contributed by atoms with van der Waals surface area (Å²) < 4.78 is 1.70. The van der Waals surface area contributed by atoms with Gasteiger partial charge in [-0.1, -0.05) is 11.8 Å². The van der Waals surface area contributed by atoms with Gasteiger partial charge in [0.25, 0.3) is 11.8 Å². The second kappa shape index (κ2) is 8.69. The molecule has 2 saturated heterocycles. The molecule has 4 heterocycles. The first-order chi connectivity index (χ1) is 17.5. The van der Waals surface area contributed by atoms with Crippen molar-refractivity contribution >= 4 is 35.6 Å². The Bertz CT molecular complexity index is 1440. The quantitative estimate of drug-likeness (QED) is 0.381. The van der Waals surface area contributed by atoms with Gasteiger partial charge in [-0.15, -0.1) is 0 Å². The first-order valence-corrected chi connectivity index (χ1v) is 12.2. The van der Waals surface area contributed by atoms with Gasteiger partial charge in [0.2, 0.25) is 11.8 Å². The van der Waals surface area contributed by atoms with Crippen molar-refractivity contribution in [2.45, 2.75) is 52.1 Å². The molecule has 37 heavy (non-hydrogen) atoms. The molecular weight excluding hydrogens is 474 g/mol. The summed E-state index contributed by atoms with van der Waals surface area (Å²) in [7, 11) is 0. The second-order valence-electron chi connectivity index (χ2n) is 10.3. The van der Waals surface area contributed by atoms with Gasteiger partial charge in [-0.05, 0) is 52.3 Å². The maximum absolute atomic E-state index is 13.1. The average molecular weight is 502 g/mol. The fourth-order valence-corrected chi connectivity index (χ4v) is 5.05. The number of amides is 4. The first-order valence-electron chi connectivity index (χ1n) is 12.2. The van der Waals surface area contributed by atoms with Crippen LogP contribution in [0, 0.1) is 31.6 Å². The van der Waals surface area contributed by atoms with Crippen molar-refractivity contribution in [2.75, 3.05) is 18.0 Å². The zero-order valence-electron chi connectivity index (χ0n) is 21.1. The predicted molar refractivity (Wildman–Crippen MR) is 133 cm³/mol. The minimum absolute atomic E-state index is 0.0833. The van der Waals surface area contributed by atoms with E-state index in [9.17, 15) is 24.0 Å². The van der Waals surface area contributed by atoms with E-state index in [1.165, 1.54) is 0 Å². The lowest BCUT2D eigenvalue weighted by atomic mass is 9.98. The number of nitrogens with one attached hydrogen (secondary N) is 1. The molecule has 1 N–H and O–H groups in total. The van der Waals surface area contributed by atoms with Crippen LogP contribution in [0.15, 0.2) is 18.2 Å². The highest BCUT2D eigenvalue weighted by atomic mass is 16.2. The summed E-state index contributed by atoms with van der Waals surface area (Å²) in [4.78, 5) is 64.2. The molecule has 1 aromatic heterocycles. The standard InChI is InChI=1S/C27H27N5O5/c1-15-19(16(2)32(29-15)27(3,4)14-33)7-5-17-12-30(13-17)18-6-8-20-21(11-18)26(37)31(25(20)36)22-9-10-23(34)28-24(22)35/h6,8,11,14,17,22H,9-10,12-13H2,1-4H3,(H,28,34,35). The Balaban J connectivity index is 1.29. The van der Waals surface area contributed by atoms with Crippen LogP contribution in [0.2, 0.25) is 0 Å². The van der Waals surface area contributed by atoms with E-state index in [0.29, 0.717) is 13.1 Å². The SMILES string of the molecule is Cc1nn(C(C)(C)C=O)c(C)c1C#CC1CN(c2ccc3c(c2)C(=O)N(C2CCC(=O)NC2=O)C3=O)C1. The Labute approximate surface area is 214 Å². The summed E-state index contributed by atoms with van der Waals surface area (Å²) in [6.07, 6.45) is 1.08. The summed E-state index contributed by atoms with van der Waals surface area (Å²) in [5.41, 5.74) is 3.02. The number of rotatable bonds is 4. The van der Waals surface area contributed by atoms with Crippen molar-refractivity contribution in [1.82, 2.24) is 20.0 Å². The normalized spacial score (nSPS) is 19.8. The Hall–Kier alpha value is -4.26. The van der Waals surface area contributed by atoms with Crippen molar-refractivity contribution in [3.05, 3.63) is 46.3 Å². The smallest absolute Gasteiger partial charge is 0.262 e. The minimum Gasteiger partial charge on any atom is -0.369 e. The second-order valence-corrected chi connectivity index (χ2v) is 10.3. The van der Waals surface area contributed by atoms with Crippen LogP contribution in [0.3, 0.4) is 0 Å². The van der Waals surface area contributed by atoms with Crippen LogP contribution >= 0.6 is 0 Å². The molecule has 190 valence electrons. The number of anilines is 1. The summed E-state index contributed by atoms with van der Waals surface area (Å²) in [6, 6.07) is 4.11. The topological polar surface area (TPSA) is 122 Å². The number of aryl methyl sites for hydroxylation is 1. The number of carbonyl (C=O) groups excluding carboxylic acids is 5. The summed E-state index contributed by atoms with van der Waals surface area (Å²) >= 11 is 0. The lowest BCUT2D eigenvalue weighted by Gasteiger charge is -2.38. The van der Waals surface area contributed by atoms with Gasteiger partial charge < -0.3 is 9.69 Å². The fraction of sp³-hybridized carbons (Fsp3) is 0.407. The van der Waals surface area contributed by atoms with Gasteiger partial charge in [-0.2, -0.15) is 5.10 Å². The number of hydrogen-bond donors (Lipinski definition) is 1. The van der Waals surface area contributed by atoms with Crippen molar-refractivity contribution in [3.8, 4) is 11.8 Å². The molecule has 0 radical (unpaired) electrons. The molecule has 0 saturated carbocycles. The number of aldehydes is 1. The zero-order chi connectivity index (χ0) is 26.6. The molecule has 5 rings (SSSR count). The van der Waals surface area contributed by atoms with Crippen LogP contribution in [0.4, 0.5) is 5.69 Å². The van der Waals surface area contributed by atoms with Crippen molar-refractivity contribution in [3.63, 3.8) is 0 Å². The number of aromatic nitrogens is 2. The van der Waals surface area contributed by atoms with Gasteiger partial charge in [-0.3, -0.25) is 34.1 Å². The number of carbonyl (C=O) groups is 5. The van der Waals surface area contributed by atoms with Gasteiger partial charge in [-0.25, -0.2) is 0 Å². The Kier molecular flexibility index (Phi) is 5.74. The van der Waals surface area contributed by atoms with E-state index in [1.807, 2.05) is 13.8 Å². The van der Waals surface area contributed by atoms with Crippen LogP contribution in [-0.4, -0.2) is 63.7 Å². The summed E-state index contributed by atoms with van der Waals surface area (Å²) in [5.74, 6) is 4.58. The largest absolute Gasteiger partial charge is 0.369 e. The van der Waals surface area contributed by atoms with E-state index < -0.39 is 35.2 Å². The van der Waals surface area contributed by atoms with Crippen LogP contribution in [0.5, 0.6) is 0 Å². The molecule has 0 aliphatic carbocycles. The van der Waals surface area contributed by atoms with E-state index in [0.717, 1.165) is 33.8 Å². The van der Waals surface area contributed by atoms with Crippen molar-refractivity contribution in [2.24, 2.45) is 5.92 Å². The number of nitrogens with zero attached hydrogens (tertiary/aromatic N) is 4. The molecule has 0 bridgehead atoms. The van der Waals surface area contributed by atoms with Crippen LogP contribution < -0.4 is 10.2 Å². The lowest BCUT2D eigenvalue weighted by molar-refractivity contribution is -0.136. The van der Waals surface area contributed by atoms with Gasteiger partial charge in [0.1, 0.15) is 17.9 Å². The maximum Gasteiger partial charge on any atom is 0.262 e. The molecule has 0 spiro atoms. The Morgan fingerprint density at radius 2 is 1.78 bits per heavy atom. The van der Waals surface area contributed by atoms with Crippen LogP contribution in [0.25, 0.3) is 0 Å². The molecule has 1 unspecified atom stereocenters. The molecule has 3 aliphatic rings. The van der Waals surface area contributed by atoms with E-state index in [1.54, 1.807) is 36.7 Å². The average Bonchev–Trinajstić information content (AvgIpc) is 3.26. The Morgan fingerprint density at radius 3 is 2.46 bits per heavy atom. The Morgan fingerprint density at radius 1 is 1.08 bits per heavy atom. The van der Waals surface area contributed by atoms with Gasteiger partial charge >= 0.3 is 0 Å². The highest BCUT2D eigenvalue weighted by Gasteiger charge is 2.45. The molecule has 4 amide bonds. The van der Waals surface area contributed by atoms with Crippen LogP contribution in [0.1, 0.15) is 64.4 Å². The number of fused-ring (bicyclic) bond motifs is 1. The first kappa shape index (κ1) is 24.4. The van der Waals surface area contributed by atoms with Gasteiger partial charge in [0.15, 0.2) is 0 Å². The van der Waals surface area contributed by atoms with E-state index in [4.69, 9.17) is 0 Å². The van der Waals surface area contributed by atoms with Gasteiger partial charge in [0, 0.05) is 25.2 Å². The molecule has 10 nitrogen and oxygen atoms in total. The van der Waals surface area contributed by atoms with E-state index >= 15 is 0 Å². The number of imide groups is 2. The van der Waals surface area contributed by atoms with Crippen LogP contribution in [-0.2, 0) is 19.9 Å². The predicted octanol–water partition coefficient (Wildman–Crippen LogP) is 1.32. The summed E-state index contributed by atoms with van der Waals surface area (Å²) in [6.45, 7) is 8.72. The molecule has 1 aromatic carbocycles. The minimum atomic E-state index is -0.981. The molecule has 2 aromatic rings. The molecular formula is C27H27N5O5. The fourth-order valence-electron chi connectivity index (χ4n) is 5.05. The monoisotopic (exact) mass is 501 g/mol. The lowest BCUT2D eigenvalue weighted by Crippen LogP contribution is -2.54. The van der Waals surface area contributed by atoms with Crippen molar-refractivity contribution < 1.29 is 24.0 Å². The molecule has 10 heteroatoms. The third-order valence-corrected chi connectivity index (χ3v) is 7.20. The highest BCUT2D eigenvalue weighted by molar-refractivity contribution is 6.23. The maximum atomic E-state index is 13.1. The third-order valence-electron chi connectivity index (χ3n) is 7.20. The molecule has 3 aliphatic heterocycles. The number of piperidine rings is 1. The third kappa shape index (κ3) is 4.00. The number of benzene rings is 1. The van der Waals surface area contributed by atoms with Gasteiger partial charge in [0.05, 0.1) is 34.0 Å². The molecule has 1 atom stereocenters. The van der Waals surface area contributed by atoms with E-state index in [-0.39, 0.29) is 29.9 Å².